The Morgan fingerprint density at radius 3 is 2.48 bits per heavy atom. The molecule has 2 aromatic rings. The van der Waals surface area contributed by atoms with Crippen molar-refractivity contribution in [2.75, 3.05) is 38.5 Å². The summed E-state index contributed by atoms with van der Waals surface area (Å²) in [5.74, 6) is 1.64. The lowest BCUT2D eigenvalue weighted by Crippen LogP contribution is -2.40. The van der Waals surface area contributed by atoms with Crippen molar-refractivity contribution in [3.8, 4) is 0 Å². The molecule has 1 heterocycles. The molecular weight excluding hydrogens is 308 g/mol. The first-order valence-electron chi connectivity index (χ1n) is 9.16. The fraction of sp³-hybridized carbons (Fsp3) is 0.381. The molecule has 1 saturated heterocycles. The molecule has 0 bridgehead atoms. The zero-order valence-electron chi connectivity index (χ0n) is 15.0. The maximum atomic E-state index is 4.47. The monoisotopic (exact) mass is 336 g/mol. The highest BCUT2D eigenvalue weighted by Crippen LogP contribution is 2.26. The third-order valence-electron chi connectivity index (χ3n) is 4.71. The molecule has 132 valence electrons. The lowest BCUT2D eigenvalue weighted by molar-refractivity contribution is 0.485. The quantitative estimate of drug-likeness (QED) is 0.481. The summed E-state index contributed by atoms with van der Waals surface area (Å²) in [7, 11) is 1.88. The van der Waals surface area contributed by atoms with Gasteiger partial charge in [-0.15, -0.1) is 0 Å². The van der Waals surface area contributed by atoms with E-state index in [4.69, 9.17) is 0 Å². The summed E-state index contributed by atoms with van der Waals surface area (Å²) in [6.45, 7) is 4.01. The number of nitrogens with zero attached hydrogens (tertiary/aromatic N) is 2. The molecule has 2 N–H and O–H groups in total. The lowest BCUT2D eigenvalue weighted by atomic mass is 9.99. The second-order valence-corrected chi connectivity index (χ2v) is 6.46. The highest BCUT2D eigenvalue weighted by atomic mass is 15.3. The number of rotatable bonds is 6. The van der Waals surface area contributed by atoms with Gasteiger partial charge in [-0.25, -0.2) is 0 Å². The van der Waals surface area contributed by atoms with Crippen LogP contribution in [0.2, 0.25) is 0 Å². The van der Waals surface area contributed by atoms with Crippen molar-refractivity contribution in [3.63, 3.8) is 0 Å². The minimum atomic E-state index is 0.611. The van der Waals surface area contributed by atoms with Gasteiger partial charge in [-0.05, 0) is 30.5 Å². The molecule has 0 aromatic heterocycles. The smallest absolute Gasteiger partial charge is 0.193 e. The summed E-state index contributed by atoms with van der Waals surface area (Å²) < 4.78 is 0. The normalized spacial score (nSPS) is 17.6. The van der Waals surface area contributed by atoms with Gasteiger partial charge in [0, 0.05) is 44.8 Å². The maximum absolute atomic E-state index is 4.47. The number of hydrogen-bond donors (Lipinski definition) is 2. The highest BCUT2D eigenvalue weighted by molar-refractivity contribution is 5.80. The van der Waals surface area contributed by atoms with Crippen molar-refractivity contribution in [2.24, 2.45) is 4.99 Å². The van der Waals surface area contributed by atoms with Gasteiger partial charge in [0.15, 0.2) is 5.96 Å². The van der Waals surface area contributed by atoms with E-state index in [1.54, 1.807) is 0 Å². The summed E-state index contributed by atoms with van der Waals surface area (Å²) in [6.07, 6.45) is 2.25. The van der Waals surface area contributed by atoms with Crippen molar-refractivity contribution >= 4 is 11.6 Å². The summed E-state index contributed by atoms with van der Waals surface area (Å²) in [5.41, 5.74) is 2.62. The van der Waals surface area contributed by atoms with Gasteiger partial charge >= 0.3 is 0 Å². The van der Waals surface area contributed by atoms with Crippen LogP contribution in [0.3, 0.4) is 0 Å². The van der Waals surface area contributed by atoms with Crippen LogP contribution in [0.1, 0.15) is 24.3 Å². The van der Waals surface area contributed by atoms with E-state index >= 15 is 0 Å². The van der Waals surface area contributed by atoms with Gasteiger partial charge in [0.1, 0.15) is 0 Å². The number of hydrogen-bond acceptors (Lipinski definition) is 2. The Kier molecular flexibility index (Phi) is 6.32. The van der Waals surface area contributed by atoms with Crippen molar-refractivity contribution in [2.45, 2.75) is 18.8 Å². The van der Waals surface area contributed by atoms with E-state index in [0.717, 1.165) is 38.6 Å². The van der Waals surface area contributed by atoms with Crippen LogP contribution >= 0.6 is 0 Å². The third-order valence-corrected chi connectivity index (χ3v) is 4.71. The van der Waals surface area contributed by atoms with Crippen LogP contribution in [0.4, 0.5) is 5.69 Å². The first-order valence-corrected chi connectivity index (χ1v) is 9.16. The van der Waals surface area contributed by atoms with Crippen LogP contribution in [0.15, 0.2) is 65.7 Å². The number of nitrogens with one attached hydrogen (secondary N) is 2. The van der Waals surface area contributed by atoms with E-state index in [-0.39, 0.29) is 0 Å². The molecule has 1 fully saturated rings. The molecule has 4 nitrogen and oxygen atoms in total. The Labute approximate surface area is 151 Å². The van der Waals surface area contributed by atoms with Gasteiger partial charge in [-0.3, -0.25) is 4.99 Å². The molecule has 2 aromatic carbocycles. The average Bonchev–Trinajstić information content (AvgIpc) is 3.16. The van der Waals surface area contributed by atoms with Gasteiger partial charge in [0.2, 0.25) is 0 Å². The zero-order chi connectivity index (χ0) is 17.3. The molecule has 0 spiro atoms. The number of benzene rings is 2. The number of anilines is 1. The standard InChI is InChI=1S/C21H28N4/c1-22-21(24-15-8-14-23-20-11-6-3-7-12-20)25-16-13-19(17-25)18-9-4-2-5-10-18/h2-7,9-12,19,23H,8,13-17H2,1H3,(H,22,24). The molecule has 25 heavy (non-hydrogen) atoms. The summed E-state index contributed by atoms with van der Waals surface area (Å²) in [6, 6.07) is 21.2. The predicted molar refractivity (Wildman–Crippen MR) is 106 cm³/mol. The largest absolute Gasteiger partial charge is 0.385 e. The molecule has 3 rings (SSSR count). The molecule has 0 radical (unpaired) electrons. The minimum Gasteiger partial charge on any atom is -0.385 e. The van der Waals surface area contributed by atoms with Gasteiger partial charge in [-0.2, -0.15) is 0 Å². The minimum absolute atomic E-state index is 0.611. The lowest BCUT2D eigenvalue weighted by Gasteiger charge is -2.22. The van der Waals surface area contributed by atoms with E-state index in [1.165, 1.54) is 17.7 Å². The van der Waals surface area contributed by atoms with E-state index in [1.807, 2.05) is 13.1 Å². The molecule has 1 unspecified atom stereocenters. The zero-order valence-corrected chi connectivity index (χ0v) is 15.0. The van der Waals surface area contributed by atoms with Crippen molar-refractivity contribution in [1.82, 2.24) is 10.2 Å². The van der Waals surface area contributed by atoms with E-state index in [9.17, 15) is 0 Å². The van der Waals surface area contributed by atoms with Gasteiger partial charge < -0.3 is 15.5 Å². The highest BCUT2D eigenvalue weighted by Gasteiger charge is 2.25. The Bertz CT molecular complexity index is 654. The number of aliphatic imine (C=N–C) groups is 1. The van der Waals surface area contributed by atoms with Crippen LogP contribution < -0.4 is 10.6 Å². The van der Waals surface area contributed by atoms with Crippen molar-refractivity contribution in [1.29, 1.82) is 0 Å². The van der Waals surface area contributed by atoms with Crippen LogP contribution in [0.25, 0.3) is 0 Å². The Morgan fingerprint density at radius 1 is 1.04 bits per heavy atom. The van der Waals surface area contributed by atoms with Crippen LogP contribution in [-0.2, 0) is 0 Å². The van der Waals surface area contributed by atoms with E-state index in [2.05, 4.69) is 75.1 Å². The molecule has 0 aliphatic carbocycles. The number of guanidine groups is 1. The third kappa shape index (κ3) is 4.99. The molecule has 1 aliphatic heterocycles. The molecule has 1 aliphatic rings. The maximum Gasteiger partial charge on any atom is 0.193 e. The predicted octanol–water partition coefficient (Wildman–Crippen LogP) is 3.55. The van der Waals surface area contributed by atoms with Gasteiger partial charge in [-0.1, -0.05) is 48.5 Å². The average molecular weight is 336 g/mol. The molecular formula is C21H28N4. The molecule has 0 amide bonds. The van der Waals surface area contributed by atoms with Crippen LogP contribution in [-0.4, -0.2) is 44.1 Å². The Morgan fingerprint density at radius 2 is 1.76 bits per heavy atom. The van der Waals surface area contributed by atoms with E-state index in [0.29, 0.717) is 5.92 Å². The fourth-order valence-electron chi connectivity index (χ4n) is 3.36. The SMILES string of the molecule is CN=C(NCCCNc1ccccc1)N1CCC(c2ccccc2)C1. The Balaban J connectivity index is 1.40. The van der Waals surface area contributed by atoms with Gasteiger partial charge in [0.25, 0.3) is 0 Å². The number of para-hydroxylation sites is 1. The first-order chi connectivity index (χ1) is 12.4. The molecule has 0 saturated carbocycles. The van der Waals surface area contributed by atoms with Crippen LogP contribution in [0.5, 0.6) is 0 Å². The molecule has 4 heteroatoms. The fourth-order valence-corrected chi connectivity index (χ4v) is 3.36. The molecule has 1 atom stereocenters. The van der Waals surface area contributed by atoms with Crippen LogP contribution in [0, 0.1) is 0 Å². The second kappa shape index (κ2) is 9.11. The van der Waals surface area contributed by atoms with Crippen molar-refractivity contribution < 1.29 is 0 Å². The van der Waals surface area contributed by atoms with Gasteiger partial charge in [0.05, 0.1) is 0 Å². The topological polar surface area (TPSA) is 39.7 Å². The summed E-state index contributed by atoms with van der Waals surface area (Å²) in [4.78, 5) is 6.84. The first kappa shape index (κ1) is 17.3. The van der Waals surface area contributed by atoms with E-state index < -0.39 is 0 Å². The second-order valence-electron chi connectivity index (χ2n) is 6.46. The number of likely N-dealkylation sites (tertiary alicyclic amines) is 1. The summed E-state index contributed by atoms with van der Waals surface area (Å²) in [5, 5.41) is 6.95. The Hall–Kier alpha value is -2.49. The van der Waals surface area contributed by atoms with Crippen molar-refractivity contribution in [3.05, 3.63) is 66.2 Å². The summed E-state index contributed by atoms with van der Waals surface area (Å²) >= 11 is 0.